The lowest BCUT2D eigenvalue weighted by atomic mass is 10.1. The molecule has 1 aliphatic rings. The third-order valence-corrected chi connectivity index (χ3v) is 6.37. The fraction of sp³-hybridized carbons (Fsp3) is 0.261. The van der Waals surface area contributed by atoms with Crippen molar-refractivity contribution < 1.29 is 4.79 Å². The average molecular weight is 377 g/mol. The standard InChI is InChI=1S/C23H24N2OS/c1-16-9-10-19(14-17(16)2)23(26)24-15-21(22-8-5-13-27-22)25-12-11-18-6-3-4-7-20(18)25/h3-10,13-14,21H,11-12,15H2,1-2H3,(H,24,26)/t21-/m1/s1. The zero-order chi connectivity index (χ0) is 18.8. The van der Waals surface area contributed by atoms with E-state index in [4.69, 9.17) is 0 Å². The van der Waals surface area contributed by atoms with Gasteiger partial charge in [-0.15, -0.1) is 11.3 Å². The van der Waals surface area contributed by atoms with Crippen LogP contribution in [0.25, 0.3) is 0 Å². The molecule has 138 valence electrons. The van der Waals surface area contributed by atoms with Gasteiger partial charge in [-0.05, 0) is 66.6 Å². The quantitative estimate of drug-likeness (QED) is 0.687. The minimum Gasteiger partial charge on any atom is -0.361 e. The Morgan fingerprint density at radius 2 is 1.96 bits per heavy atom. The summed E-state index contributed by atoms with van der Waals surface area (Å²) in [6, 6.07) is 18.9. The Hall–Kier alpha value is -2.59. The number of carbonyl (C=O) groups is 1. The number of hydrogen-bond acceptors (Lipinski definition) is 3. The van der Waals surface area contributed by atoms with Gasteiger partial charge in [0.25, 0.3) is 5.91 Å². The molecule has 0 spiro atoms. The van der Waals surface area contributed by atoms with E-state index < -0.39 is 0 Å². The molecule has 1 N–H and O–H groups in total. The molecular weight excluding hydrogens is 352 g/mol. The predicted molar refractivity (Wildman–Crippen MR) is 113 cm³/mol. The molecule has 0 aliphatic carbocycles. The topological polar surface area (TPSA) is 32.3 Å². The Morgan fingerprint density at radius 3 is 2.74 bits per heavy atom. The summed E-state index contributed by atoms with van der Waals surface area (Å²) in [5.74, 6) is -0.00728. The molecule has 2 heterocycles. The largest absolute Gasteiger partial charge is 0.361 e. The predicted octanol–water partition coefficient (Wildman–Crippen LogP) is 4.90. The molecule has 0 bridgehead atoms. The van der Waals surface area contributed by atoms with Crippen LogP contribution in [0.2, 0.25) is 0 Å². The number of carbonyl (C=O) groups excluding carboxylic acids is 1. The maximum atomic E-state index is 12.7. The molecule has 1 aliphatic heterocycles. The Labute approximate surface area is 164 Å². The van der Waals surface area contributed by atoms with Gasteiger partial charge in [0, 0.05) is 29.2 Å². The van der Waals surface area contributed by atoms with Crippen molar-refractivity contribution >= 4 is 22.9 Å². The van der Waals surface area contributed by atoms with Gasteiger partial charge < -0.3 is 10.2 Å². The van der Waals surface area contributed by atoms with E-state index in [-0.39, 0.29) is 11.9 Å². The van der Waals surface area contributed by atoms with Crippen molar-refractivity contribution in [3.63, 3.8) is 0 Å². The van der Waals surface area contributed by atoms with Crippen molar-refractivity contribution in [2.45, 2.75) is 26.3 Å². The highest BCUT2D eigenvalue weighted by molar-refractivity contribution is 7.10. The number of amides is 1. The van der Waals surface area contributed by atoms with E-state index in [0.29, 0.717) is 6.54 Å². The number of fused-ring (bicyclic) bond motifs is 1. The van der Waals surface area contributed by atoms with Crippen LogP contribution in [0.1, 0.15) is 38.0 Å². The summed E-state index contributed by atoms with van der Waals surface area (Å²) < 4.78 is 0. The second-order valence-corrected chi connectivity index (χ2v) is 8.09. The number of anilines is 1. The normalized spacial score (nSPS) is 14.1. The number of rotatable bonds is 5. The summed E-state index contributed by atoms with van der Waals surface area (Å²) in [4.78, 5) is 16.4. The second kappa shape index (κ2) is 7.57. The van der Waals surface area contributed by atoms with Gasteiger partial charge in [0.2, 0.25) is 0 Å². The average Bonchev–Trinajstić information content (AvgIpc) is 3.35. The van der Waals surface area contributed by atoms with E-state index in [9.17, 15) is 4.79 Å². The summed E-state index contributed by atoms with van der Waals surface area (Å²) in [5, 5.41) is 5.27. The zero-order valence-corrected chi connectivity index (χ0v) is 16.6. The fourth-order valence-electron chi connectivity index (χ4n) is 3.71. The molecular formula is C23H24N2OS. The summed E-state index contributed by atoms with van der Waals surface area (Å²) in [6.45, 7) is 5.69. The summed E-state index contributed by atoms with van der Waals surface area (Å²) >= 11 is 1.75. The molecule has 1 amide bonds. The Kier molecular flexibility index (Phi) is 4.99. The highest BCUT2D eigenvalue weighted by atomic mass is 32.1. The monoisotopic (exact) mass is 376 g/mol. The lowest BCUT2D eigenvalue weighted by Gasteiger charge is -2.30. The minimum atomic E-state index is -0.00728. The molecule has 0 fully saturated rings. The van der Waals surface area contributed by atoms with Crippen molar-refractivity contribution in [3.8, 4) is 0 Å². The first kappa shape index (κ1) is 17.8. The van der Waals surface area contributed by atoms with E-state index in [1.165, 1.54) is 21.7 Å². The summed E-state index contributed by atoms with van der Waals surface area (Å²) in [5.41, 5.74) is 5.75. The van der Waals surface area contributed by atoms with Crippen molar-refractivity contribution in [1.29, 1.82) is 0 Å². The number of thiophene rings is 1. The van der Waals surface area contributed by atoms with Crippen LogP contribution in [-0.4, -0.2) is 19.0 Å². The molecule has 3 nitrogen and oxygen atoms in total. The van der Waals surface area contributed by atoms with Crippen molar-refractivity contribution in [3.05, 3.63) is 87.1 Å². The molecule has 2 aromatic carbocycles. The van der Waals surface area contributed by atoms with Crippen LogP contribution < -0.4 is 10.2 Å². The number of aryl methyl sites for hydroxylation is 2. The Morgan fingerprint density at radius 1 is 1.11 bits per heavy atom. The molecule has 0 saturated heterocycles. The number of hydrogen-bond donors (Lipinski definition) is 1. The van der Waals surface area contributed by atoms with Gasteiger partial charge in [-0.2, -0.15) is 0 Å². The van der Waals surface area contributed by atoms with Crippen LogP contribution in [0.5, 0.6) is 0 Å². The van der Waals surface area contributed by atoms with Gasteiger partial charge in [0.1, 0.15) is 0 Å². The van der Waals surface area contributed by atoms with Gasteiger partial charge in [-0.25, -0.2) is 0 Å². The Balaban J connectivity index is 1.54. The second-order valence-electron chi connectivity index (χ2n) is 7.11. The van der Waals surface area contributed by atoms with Gasteiger partial charge in [0.05, 0.1) is 6.04 Å². The Bertz CT molecular complexity index is 949. The maximum absolute atomic E-state index is 12.7. The first-order valence-corrected chi connectivity index (χ1v) is 10.2. The molecule has 1 aromatic heterocycles. The zero-order valence-electron chi connectivity index (χ0n) is 15.7. The first-order valence-electron chi connectivity index (χ1n) is 9.37. The number of nitrogens with zero attached hydrogens (tertiary/aromatic N) is 1. The van der Waals surface area contributed by atoms with Gasteiger partial charge in [-0.3, -0.25) is 4.79 Å². The minimum absolute atomic E-state index is 0.00728. The molecule has 4 heteroatoms. The SMILES string of the molecule is Cc1ccc(C(=O)NC[C@H](c2cccs2)N2CCc3ccccc32)cc1C. The molecule has 0 radical (unpaired) electrons. The molecule has 27 heavy (non-hydrogen) atoms. The van der Waals surface area contributed by atoms with Crippen molar-refractivity contribution in [2.24, 2.45) is 0 Å². The number of nitrogens with one attached hydrogen (secondary N) is 1. The van der Waals surface area contributed by atoms with E-state index in [2.05, 4.69) is 58.9 Å². The molecule has 4 rings (SSSR count). The molecule has 0 unspecified atom stereocenters. The maximum Gasteiger partial charge on any atom is 0.251 e. The lowest BCUT2D eigenvalue weighted by molar-refractivity contribution is 0.0951. The third-order valence-electron chi connectivity index (χ3n) is 5.40. The number of benzene rings is 2. The number of para-hydroxylation sites is 1. The summed E-state index contributed by atoms with van der Waals surface area (Å²) in [7, 11) is 0. The van der Waals surface area contributed by atoms with Crippen LogP contribution in [0, 0.1) is 13.8 Å². The van der Waals surface area contributed by atoms with Crippen LogP contribution >= 0.6 is 11.3 Å². The molecule has 1 atom stereocenters. The van der Waals surface area contributed by atoms with E-state index in [1.54, 1.807) is 11.3 Å². The molecule has 0 saturated carbocycles. The van der Waals surface area contributed by atoms with Gasteiger partial charge in [0.15, 0.2) is 0 Å². The fourth-order valence-corrected chi connectivity index (χ4v) is 4.55. The van der Waals surface area contributed by atoms with Crippen LogP contribution in [-0.2, 0) is 6.42 Å². The van der Waals surface area contributed by atoms with Crippen molar-refractivity contribution in [2.75, 3.05) is 18.0 Å². The van der Waals surface area contributed by atoms with E-state index in [0.717, 1.165) is 24.1 Å². The smallest absolute Gasteiger partial charge is 0.251 e. The third kappa shape index (κ3) is 3.62. The van der Waals surface area contributed by atoms with Crippen molar-refractivity contribution in [1.82, 2.24) is 5.32 Å². The highest BCUT2D eigenvalue weighted by Crippen LogP contribution is 2.36. The van der Waals surface area contributed by atoms with E-state index >= 15 is 0 Å². The van der Waals surface area contributed by atoms with Gasteiger partial charge >= 0.3 is 0 Å². The molecule has 3 aromatic rings. The summed E-state index contributed by atoms with van der Waals surface area (Å²) in [6.07, 6.45) is 1.06. The van der Waals surface area contributed by atoms with Gasteiger partial charge in [-0.1, -0.05) is 30.3 Å². The van der Waals surface area contributed by atoms with Crippen LogP contribution in [0.3, 0.4) is 0 Å². The van der Waals surface area contributed by atoms with Crippen LogP contribution in [0.15, 0.2) is 60.0 Å². The highest BCUT2D eigenvalue weighted by Gasteiger charge is 2.28. The van der Waals surface area contributed by atoms with Crippen LogP contribution in [0.4, 0.5) is 5.69 Å². The first-order chi connectivity index (χ1) is 13.1. The lowest BCUT2D eigenvalue weighted by Crippen LogP contribution is -2.37. The van der Waals surface area contributed by atoms with E-state index in [1.807, 2.05) is 25.1 Å².